The highest BCUT2D eigenvalue weighted by atomic mass is 127. The summed E-state index contributed by atoms with van der Waals surface area (Å²) in [5.41, 5.74) is 3.54. The van der Waals surface area contributed by atoms with E-state index in [9.17, 15) is 0 Å². The van der Waals surface area contributed by atoms with Crippen molar-refractivity contribution >= 4 is 29.9 Å². The van der Waals surface area contributed by atoms with Gasteiger partial charge in [0, 0.05) is 38.9 Å². The van der Waals surface area contributed by atoms with Gasteiger partial charge in [-0.25, -0.2) is 0 Å². The minimum absolute atomic E-state index is 0. The van der Waals surface area contributed by atoms with Gasteiger partial charge in [-0.05, 0) is 48.8 Å². The predicted molar refractivity (Wildman–Crippen MR) is 142 cm³/mol. The van der Waals surface area contributed by atoms with Crippen molar-refractivity contribution in [3.63, 3.8) is 0 Å². The second-order valence-electron chi connectivity index (χ2n) is 8.58. The lowest BCUT2D eigenvalue weighted by atomic mass is 10.1. The van der Waals surface area contributed by atoms with Crippen molar-refractivity contribution in [2.45, 2.75) is 51.5 Å². The molecule has 1 aliphatic heterocycles. The Morgan fingerprint density at radius 2 is 1.73 bits per heavy atom. The van der Waals surface area contributed by atoms with Gasteiger partial charge in [0.25, 0.3) is 0 Å². The van der Waals surface area contributed by atoms with Crippen LogP contribution in [0.2, 0.25) is 0 Å². The zero-order valence-corrected chi connectivity index (χ0v) is 21.8. The molecule has 7 heteroatoms. The van der Waals surface area contributed by atoms with Crippen LogP contribution in [0.25, 0.3) is 0 Å². The number of guanidine groups is 1. The van der Waals surface area contributed by atoms with Gasteiger partial charge in [0.15, 0.2) is 5.96 Å². The molecule has 33 heavy (non-hydrogen) atoms. The molecule has 0 unspecified atom stereocenters. The van der Waals surface area contributed by atoms with Gasteiger partial charge in [-0.2, -0.15) is 0 Å². The van der Waals surface area contributed by atoms with E-state index in [1.807, 2.05) is 18.2 Å². The van der Waals surface area contributed by atoms with E-state index in [1.54, 1.807) is 7.05 Å². The normalized spacial score (nSPS) is 16.7. The molecule has 0 amide bonds. The summed E-state index contributed by atoms with van der Waals surface area (Å²) >= 11 is 0. The fourth-order valence-electron chi connectivity index (χ4n) is 3.75. The Morgan fingerprint density at radius 3 is 2.52 bits per heavy atom. The maximum absolute atomic E-state index is 6.06. The number of nitrogens with zero attached hydrogens (tertiary/aromatic N) is 1. The lowest BCUT2D eigenvalue weighted by Crippen LogP contribution is -2.36. The lowest BCUT2D eigenvalue weighted by molar-refractivity contribution is -0.0390. The van der Waals surface area contributed by atoms with Crippen LogP contribution in [-0.4, -0.2) is 38.9 Å². The summed E-state index contributed by atoms with van der Waals surface area (Å²) in [6.45, 7) is 4.43. The minimum atomic E-state index is 0. The number of benzene rings is 2. The van der Waals surface area contributed by atoms with Gasteiger partial charge in [0.2, 0.25) is 0 Å². The number of hydrogen-bond donors (Lipinski definition) is 2. The highest BCUT2D eigenvalue weighted by Gasteiger charge is 2.22. The van der Waals surface area contributed by atoms with Crippen molar-refractivity contribution in [2.24, 2.45) is 10.9 Å². The third-order valence-electron chi connectivity index (χ3n) is 5.92. The van der Waals surface area contributed by atoms with Crippen molar-refractivity contribution in [3.05, 3.63) is 65.2 Å². The number of hydrogen-bond acceptors (Lipinski definition) is 4. The fourth-order valence-corrected chi connectivity index (χ4v) is 3.75. The Balaban J connectivity index is 0.00000306. The number of ether oxygens (including phenoxy) is 3. The molecule has 1 saturated heterocycles. The summed E-state index contributed by atoms with van der Waals surface area (Å²) in [5.74, 6) is 2.47. The molecule has 1 aliphatic carbocycles. The molecule has 180 valence electrons. The molecule has 1 saturated carbocycles. The number of para-hydroxylation sites is 1. The van der Waals surface area contributed by atoms with Crippen LogP contribution in [0.3, 0.4) is 0 Å². The molecule has 1 heterocycles. The van der Waals surface area contributed by atoms with Crippen LogP contribution in [0.15, 0.2) is 53.5 Å². The fraction of sp³-hybridized carbons (Fsp3) is 0.500. The van der Waals surface area contributed by atoms with Gasteiger partial charge < -0.3 is 24.8 Å². The Hall–Kier alpha value is -1.84. The zero-order chi connectivity index (χ0) is 22.0. The first-order valence-corrected chi connectivity index (χ1v) is 11.7. The summed E-state index contributed by atoms with van der Waals surface area (Å²) in [6.07, 6.45) is 4.86. The summed E-state index contributed by atoms with van der Waals surface area (Å²) in [4.78, 5) is 4.37. The summed E-state index contributed by atoms with van der Waals surface area (Å²) in [5, 5.41) is 6.81. The number of nitrogens with one attached hydrogen (secondary N) is 2. The monoisotopic (exact) mass is 565 g/mol. The zero-order valence-electron chi connectivity index (χ0n) is 19.4. The standard InChI is InChI=1S/C26H35N3O3.HI/c1-27-26(29-17-23-7-2-3-8-25(23)32-18-20-9-10-20)28-16-21-5-4-6-22(15-21)19-31-24-11-13-30-14-12-24;/h2-8,15,20,24H,9-14,16-19H2,1H3,(H2,27,28,29);1H. The largest absolute Gasteiger partial charge is 0.493 e. The van der Waals surface area contributed by atoms with Gasteiger partial charge >= 0.3 is 0 Å². The molecule has 0 aromatic heterocycles. The maximum atomic E-state index is 6.06. The minimum Gasteiger partial charge on any atom is -0.493 e. The molecule has 2 aliphatic rings. The predicted octanol–water partition coefficient (Wildman–Crippen LogP) is 4.65. The molecule has 6 nitrogen and oxygen atoms in total. The average molecular weight is 565 g/mol. The van der Waals surface area contributed by atoms with Gasteiger partial charge in [0.05, 0.1) is 19.3 Å². The molecular weight excluding hydrogens is 529 g/mol. The molecular formula is C26H36IN3O3. The lowest BCUT2D eigenvalue weighted by Gasteiger charge is -2.22. The number of halogens is 1. The second-order valence-corrected chi connectivity index (χ2v) is 8.58. The van der Waals surface area contributed by atoms with Crippen molar-refractivity contribution in [1.82, 2.24) is 10.6 Å². The Bertz CT molecular complexity index is 883. The molecule has 2 fully saturated rings. The maximum Gasteiger partial charge on any atom is 0.191 e. The van der Waals surface area contributed by atoms with E-state index in [-0.39, 0.29) is 24.0 Å². The van der Waals surface area contributed by atoms with Crippen molar-refractivity contribution in [2.75, 3.05) is 26.9 Å². The van der Waals surface area contributed by atoms with Gasteiger partial charge in [-0.3, -0.25) is 4.99 Å². The summed E-state index contributed by atoms with van der Waals surface area (Å²) < 4.78 is 17.5. The van der Waals surface area contributed by atoms with Gasteiger partial charge in [0.1, 0.15) is 5.75 Å². The topological polar surface area (TPSA) is 64.1 Å². The van der Waals surface area contributed by atoms with E-state index in [1.165, 1.54) is 24.0 Å². The Morgan fingerprint density at radius 1 is 0.970 bits per heavy atom. The SMILES string of the molecule is CN=C(NCc1cccc(COC2CCOCC2)c1)NCc1ccccc1OCC1CC1.I. The van der Waals surface area contributed by atoms with Crippen LogP contribution in [0, 0.1) is 5.92 Å². The molecule has 0 bridgehead atoms. The second kappa shape index (κ2) is 13.8. The van der Waals surface area contributed by atoms with Crippen LogP contribution in [0.5, 0.6) is 5.75 Å². The van der Waals surface area contributed by atoms with Crippen LogP contribution in [0.1, 0.15) is 42.4 Å². The summed E-state index contributed by atoms with van der Waals surface area (Å²) in [6, 6.07) is 16.7. The Kier molecular flexibility index (Phi) is 10.8. The van der Waals surface area contributed by atoms with Crippen molar-refractivity contribution in [1.29, 1.82) is 0 Å². The van der Waals surface area contributed by atoms with Gasteiger partial charge in [-0.15, -0.1) is 24.0 Å². The van der Waals surface area contributed by atoms with Crippen LogP contribution < -0.4 is 15.4 Å². The highest BCUT2D eigenvalue weighted by Crippen LogP contribution is 2.30. The van der Waals surface area contributed by atoms with E-state index in [4.69, 9.17) is 14.2 Å². The third-order valence-corrected chi connectivity index (χ3v) is 5.92. The van der Waals surface area contributed by atoms with Crippen molar-refractivity contribution in [3.8, 4) is 5.75 Å². The van der Waals surface area contributed by atoms with Crippen LogP contribution >= 0.6 is 24.0 Å². The Labute approximate surface area is 214 Å². The molecule has 2 aromatic carbocycles. The first-order valence-electron chi connectivity index (χ1n) is 11.7. The first kappa shape index (κ1) is 25.8. The smallest absolute Gasteiger partial charge is 0.191 e. The van der Waals surface area contributed by atoms with E-state index in [2.05, 4.69) is 46.0 Å². The summed E-state index contributed by atoms with van der Waals surface area (Å²) in [7, 11) is 1.79. The van der Waals surface area contributed by atoms with E-state index in [0.29, 0.717) is 25.8 Å². The van der Waals surface area contributed by atoms with E-state index < -0.39 is 0 Å². The third kappa shape index (κ3) is 8.79. The molecule has 2 aromatic rings. The molecule has 4 rings (SSSR count). The van der Waals surface area contributed by atoms with E-state index >= 15 is 0 Å². The molecule has 0 atom stereocenters. The van der Waals surface area contributed by atoms with Crippen molar-refractivity contribution < 1.29 is 14.2 Å². The number of rotatable bonds is 10. The molecule has 0 radical (unpaired) electrons. The quantitative estimate of drug-likeness (QED) is 0.250. The first-order chi connectivity index (χ1) is 15.8. The van der Waals surface area contributed by atoms with Gasteiger partial charge in [-0.1, -0.05) is 42.5 Å². The molecule has 2 N–H and O–H groups in total. The van der Waals surface area contributed by atoms with Crippen LogP contribution in [-0.2, 0) is 29.2 Å². The highest BCUT2D eigenvalue weighted by molar-refractivity contribution is 14.0. The average Bonchev–Trinajstić information content (AvgIpc) is 3.68. The number of aliphatic imine (C=N–C) groups is 1. The van der Waals surface area contributed by atoms with Crippen LogP contribution in [0.4, 0.5) is 0 Å². The molecule has 0 spiro atoms. The van der Waals surface area contributed by atoms with E-state index in [0.717, 1.165) is 55.9 Å².